The summed E-state index contributed by atoms with van der Waals surface area (Å²) in [6, 6.07) is 0. The number of carbonyl (C=O) groups excluding carboxylic acids is 1. The molecule has 0 heterocycles. The van der Waals surface area contributed by atoms with Crippen LogP contribution in [0.4, 0.5) is 0 Å². The molecule has 0 aromatic rings. The van der Waals surface area contributed by atoms with E-state index >= 15 is 0 Å². The largest absolute Gasteiger partial charge is 0.396 e. The number of amides is 1. The Hall–Kier alpha value is -0.570. The van der Waals surface area contributed by atoms with E-state index in [-0.39, 0.29) is 24.3 Å². The fourth-order valence-corrected chi connectivity index (χ4v) is 1.98. The summed E-state index contributed by atoms with van der Waals surface area (Å²) in [6.07, 6.45) is 8.12. The molecule has 96 valence electrons. The summed E-state index contributed by atoms with van der Waals surface area (Å²) < 4.78 is 0. The van der Waals surface area contributed by atoms with Crippen molar-refractivity contribution < 1.29 is 9.90 Å². The maximum Gasteiger partial charge on any atom is 0.220 e. The summed E-state index contributed by atoms with van der Waals surface area (Å²) in [6.45, 7) is 4.13. The average molecular weight is 229 g/mol. The summed E-state index contributed by atoms with van der Waals surface area (Å²) >= 11 is 0. The van der Waals surface area contributed by atoms with Crippen molar-refractivity contribution in [1.29, 1.82) is 0 Å². The molecular weight excluding hydrogens is 202 g/mol. The fourth-order valence-electron chi connectivity index (χ4n) is 1.98. The summed E-state index contributed by atoms with van der Waals surface area (Å²) in [5, 5.41) is 9.02. The molecular formula is C13H27NO2. The van der Waals surface area contributed by atoms with Gasteiger partial charge in [0.2, 0.25) is 5.91 Å². The number of primary amides is 1. The maximum absolute atomic E-state index is 11.2. The molecule has 0 radical (unpaired) electrons. The molecule has 1 amide bonds. The van der Waals surface area contributed by atoms with Crippen LogP contribution in [0, 0.1) is 11.8 Å². The maximum atomic E-state index is 11.2. The first-order chi connectivity index (χ1) is 7.63. The van der Waals surface area contributed by atoms with E-state index in [1.54, 1.807) is 0 Å². The molecule has 0 aliphatic heterocycles. The van der Waals surface area contributed by atoms with Crippen molar-refractivity contribution in [2.24, 2.45) is 17.6 Å². The second-order valence-corrected chi connectivity index (χ2v) is 4.73. The molecule has 3 N–H and O–H groups in total. The Morgan fingerprint density at radius 2 is 1.75 bits per heavy atom. The zero-order valence-electron chi connectivity index (χ0n) is 10.7. The SMILES string of the molecule is CCCCCCCCC(C(N)=O)C(C)CO. The van der Waals surface area contributed by atoms with Gasteiger partial charge in [0.05, 0.1) is 0 Å². The van der Waals surface area contributed by atoms with E-state index in [0.29, 0.717) is 0 Å². The van der Waals surface area contributed by atoms with Crippen LogP contribution in [0.15, 0.2) is 0 Å². The third kappa shape index (κ3) is 6.83. The molecule has 0 aromatic carbocycles. The van der Waals surface area contributed by atoms with Crippen molar-refractivity contribution in [3.63, 3.8) is 0 Å². The summed E-state index contributed by atoms with van der Waals surface area (Å²) in [5.74, 6) is -0.431. The lowest BCUT2D eigenvalue weighted by Crippen LogP contribution is -2.30. The highest BCUT2D eigenvalue weighted by Gasteiger charge is 2.21. The van der Waals surface area contributed by atoms with E-state index in [0.717, 1.165) is 12.8 Å². The van der Waals surface area contributed by atoms with Crippen LogP contribution in [0.2, 0.25) is 0 Å². The monoisotopic (exact) mass is 229 g/mol. The predicted molar refractivity (Wildman–Crippen MR) is 66.9 cm³/mol. The molecule has 0 saturated heterocycles. The lowest BCUT2D eigenvalue weighted by atomic mass is 9.89. The van der Waals surface area contributed by atoms with Gasteiger partial charge in [0.25, 0.3) is 0 Å². The van der Waals surface area contributed by atoms with Gasteiger partial charge in [-0.25, -0.2) is 0 Å². The van der Waals surface area contributed by atoms with Gasteiger partial charge >= 0.3 is 0 Å². The molecule has 3 heteroatoms. The molecule has 2 atom stereocenters. The van der Waals surface area contributed by atoms with Gasteiger partial charge in [0.15, 0.2) is 0 Å². The molecule has 0 spiro atoms. The molecule has 0 aromatic heterocycles. The van der Waals surface area contributed by atoms with E-state index in [4.69, 9.17) is 10.8 Å². The normalized spacial score (nSPS) is 14.7. The molecule has 3 nitrogen and oxygen atoms in total. The van der Waals surface area contributed by atoms with E-state index in [9.17, 15) is 4.79 Å². The van der Waals surface area contributed by atoms with Crippen molar-refractivity contribution in [3.05, 3.63) is 0 Å². The van der Waals surface area contributed by atoms with E-state index in [1.165, 1.54) is 32.1 Å². The predicted octanol–water partition coefficient (Wildman–Crippen LogP) is 2.47. The highest BCUT2D eigenvalue weighted by molar-refractivity contribution is 5.76. The van der Waals surface area contributed by atoms with Crippen molar-refractivity contribution >= 4 is 5.91 Å². The van der Waals surface area contributed by atoms with E-state index in [1.807, 2.05) is 6.92 Å². The summed E-state index contributed by atoms with van der Waals surface area (Å²) in [7, 11) is 0. The highest BCUT2D eigenvalue weighted by atomic mass is 16.3. The number of nitrogens with two attached hydrogens (primary N) is 1. The van der Waals surface area contributed by atoms with Gasteiger partial charge in [0.1, 0.15) is 0 Å². The first kappa shape index (κ1) is 15.4. The van der Waals surface area contributed by atoms with Crippen molar-refractivity contribution in [2.75, 3.05) is 6.61 Å². The van der Waals surface area contributed by atoms with Crippen LogP contribution in [0.3, 0.4) is 0 Å². The zero-order chi connectivity index (χ0) is 12.4. The van der Waals surface area contributed by atoms with Crippen LogP contribution < -0.4 is 5.73 Å². The minimum absolute atomic E-state index is 0.00635. The number of hydrogen-bond acceptors (Lipinski definition) is 2. The Labute approximate surface area is 99.4 Å². The number of unbranched alkanes of at least 4 members (excludes halogenated alkanes) is 5. The van der Waals surface area contributed by atoms with E-state index in [2.05, 4.69) is 6.92 Å². The number of carbonyl (C=O) groups is 1. The van der Waals surface area contributed by atoms with Crippen LogP contribution >= 0.6 is 0 Å². The van der Waals surface area contributed by atoms with Gasteiger partial charge < -0.3 is 10.8 Å². The standard InChI is InChI=1S/C13H27NO2/c1-3-4-5-6-7-8-9-12(13(14)16)11(2)10-15/h11-12,15H,3-10H2,1-2H3,(H2,14,16). The van der Waals surface area contributed by atoms with Gasteiger partial charge in [-0.1, -0.05) is 52.4 Å². The van der Waals surface area contributed by atoms with Gasteiger partial charge in [-0.15, -0.1) is 0 Å². The molecule has 0 aliphatic rings. The molecule has 16 heavy (non-hydrogen) atoms. The quantitative estimate of drug-likeness (QED) is 0.565. The summed E-state index contributed by atoms with van der Waals surface area (Å²) in [4.78, 5) is 11.2. The van der Waals surface area contributed by atoms with Gasteiger partial charge in [0, 0.05) is 12.5 Å². The molecule has 0 rings (SSSR count). The van der Waals surface area contributed by atoms with Gasteiger partial charge in [-0.3, -0.25) is 4.79 Å². The van der Waals surface area contributed by atoms with Crippen LogP contribution in [-0.2, 0) is 4.79 Å². The lowest BCUT2D eigenvalue weighted by molar-refractivity contribution is -0.124. The lowest BCUT2D eigenvalue weighted by Gasteiger charge is -2.18. The Morgan fingerprint density at radius 1 is 1.19 bits per heavy atom. The fraction of sp³-hybridized carbons (Fsp3) is 0.923. The van der Waals surface area contributed by atoms with Crippen LogP contribution in [0.25, 0.3) is 0 Å². The Bertz CT molecular complexity index is 183. The Balaban J connectivity index is 3.65. The average Bonchev–Trinajstić information content (AvgIpc) is 2.26. The van der Waals surface area contributed by atoms with Crippen molar-refractivity contribution in [1.82, 2.24) is 0 Å². The Morgan fingerprint density at radius 3 is 2.25 bits per heavy atom. The summed E-state index contributed by atoms with van der Waals surface area (Å²) in [5.41, 5.74) is 5.33. The van der Waals surface area contributed by atoms with Crippen LogP contribution in [0.5, 0.6) is 0 Å². The van der Waals surface area contributed by atoms with Gasteiger partial charge in [-0.2, -0.15) is 0 Å². The third-order valence-electron chi connectivity index (χ3n) is 3.21. The van der Waals surface area contributed by atoms with Crippen molar-refractivity contribution in [3.8, 4) is 0 Å². The van der Waals surface area contributed by atoms with Gasteiger partial charge in [-0.05, 0) is 12.3 Å². The topological polar surface area (TPSA) is 63.3 Å². The second-order valence-electron chi connectivity index (χ2n) is 4.73. The highest BCUT2D eigenvalue weighted by Crippen LogP contribution is 2.19. The first-order valence-corrected chi connectivity index (χ1v) is 6.53. The molecule has 0 aliphatic carbocycles. The van der Waals surface area contributed by atoms with Crippen molar-refractivity contribution in [2.45, 2.75) is 58.8 Å². The third-order valence-corrected chi connectivity index (χ3v) is 3.21. The molecule has 0 saturated carbocycles. The van der Waals surface area contributed by atoms with Crippen LogP contribution in [0.1, 0.15) is 58.8 Å². The number of rotatable bonds is 10. The minimum atomic E-state index is -0.268. The number of hydrogen-bond donors (Lipinski definition) is 2. The molecule has 0 fully saturated rings. The number of aliphatic hydroxyl groups excluding tert-OH is 1. The van der Waals surface area contributed by atoms with E-state index < -0.39 is 0 Å². The molecule has 0 bridgehead atoms. The second kappa shape index (κ2) is 9.64. The smallest absolute Gasteiger partial charge is 0.220 e. The number of aliphatic hydroxyl groups is 1. The Kier molecular flexibility index (Phi) is 9.30. The molecule has 2 unspecified atom stereocenters. The van der Waals surface area contributed by atoms with Crippen LogP contribution in [-0.4, -0.2) is 17.6 Å². The minimum Gasteiger partial charge on any atom is -0.396 e. The first-order valence-electron chi connectivity index (χ1n) is 6.53. The zero-order valence-corrected chi connectivity index (χ0v) is 10.7.